The van der Waals surface area contributed by atoms with Crippen LogP contribution >= 0.6 is 15.9 Å². The molecule has 0 aliphatic rings. The number of pyridine rings is 1. The molecule has 2 aromatic heterocycles. The van der Waals surface area contributed by atoms with Gasteiger partial charge in [0.25, 0.3) is 0 Å². The van der Waals surface area contributed by atoms with Crippen LogP contribution in [0, 0.1) is 0 Å². The molecule has 2 heterocycles. The smallest absolute Gasteiger partial charge is 0.404 e. The number of nitrogens with zero attached hydrogens (tertiary/aromatic N) is 3. The molecule has 0 aliphatic heterocycles. The molecule has 2 rings (SSSR count). The first-order valence-electron chi connectivity index (χ1n) is 4.77. The lowest BCUT2D eigenvalue weighted by Crippen LogP contribution is -2.17. The van der Waals surface area contributed by atoms with E-state index in [1.807, 2.05) is 6.07 Å². The van der Waals surface area contributed by atoms with Crippen molar-refractivity contribution in [3.05, 3.63) is 16.7 Å². The number of halogens is 1. The minimum Gasteiger partial charge on any atom is -0.448 e. The highest BCUT2D eigenvalue weighted by atomic mass is 79.9. The molecular weight excluding hydrogens is 290 g/mol. The van der Waals surface area contributed by atoms with Gasteiger partial charge in [-0.15, -0.1) is 0 Å². The van der Waals surface area contributed by atoms with Gasteiger partial charge in [0.05, 0.1) is 6.54 Å². The van der Waals surface area contributed by atoms with Crippen LogP contribution in [0.5, 0.6) is 0 Å². The molecule has 0 aromatic carbocycles. The molecule has 0 spiro atoms. The number of nitrogen functional groups attached to an aromatic ring is 1. The molecule has 1 amide bonds. The maximum atomic E-state index is 10.4. The van der Waals surface area contributed by atoms with E-state index in [9.17, 15) is 4.79 Å². The number of amides is 1. The van der Waals surface area contributed by atoms with Gasteiger partial charge in [-0.05, 0) is 22.0 Å². The fraction of sp³-hybridized carbons (Fsp3) is 0.222. The van der Waals surface area contributed by atoms with Gasteiger partial charge in [-0.1, -0.05) is 0 Å². The van der Waals surface area contributed by atoms with Crippen LogP contribution in [-0.4, -0.2) is 27.2 Å². The van der Waals surface area contributed by atoms with Crippen molar-refractivity contribution in [3.8, 4) is 0 Å². The van der Waals surface area contributed by atoms with Gasteiger partial charge in [0.1, 0.15) is 12.1 Å². The van der Waals surface area contributed by atoms with Crippen LogP contribution in [0.3, 0.4) is 0 Å². The minimum atomic E-state index is -0.816. The average molecular weight is 300 g/mol. The molecule has 0 fully saturated rings. The monoisotopic (exact) mass is 299 g/mol. The molecule has 4 N–H and O–H groups in total. The summed E-state index contributed by atoms with van der Waals surface area (Å²) in [5, 5.41) is 0. The summed E-state index contributed by atoms with van der Waals surface area (Å²) in [5.41, 5.74) is 11.9. The van der Waals surface area contributed by atoms with Crippen molar-refractivity contribution in [2.24, 2.45) is 5.73 Å². The zero-order valence-electron chi connectivity index (χ0n) is 8.76. The van der Waals surface area contributed by atoms with Crippen molar-refractivity contribution in [2.45, 2.75) is 6.54 Å². The van der Waals surface area contributed by atoms with Crippen LogP contribution in [0.2, 0.25) is 0 Å². The molecule has 0 atom stereocenters. The summed E-state index contributed by atoms with van der Waals surface area (Å²) in [6.45, 7) is 0.489. The van der Waals surface area contributed by atoms with E-state index in [0.29, 0.717) is 23.7 Å². The standard InChI is InChI=1S/C9H10BrN5O2/c10-5-3-6-7(13-4-5)15(8(11)14-6)1-2-17-9(12)16/h3-4H,1-2H2,(H2,11,14)(H2,12,16). The largest absolute Gasteiger partial charge is 0.448 e. The van der Waals surface area contributed by atoms with E-state index in [2.05, 4.69) is 30.6 Å². The first kappa shape index (κ1) is 11.6. The van der Waals surface area contributed by atoms with Gasteiger partial charge in [0, 0.05) is 10.7 Å². The van der Waals surface area contributed by atoms with Crippen molar-refractivity contribution in [3.63, 3.8) is 0 Å². The van der Waals surface area contributed by atoms with Crippen molar-refractivity contribution >= 4 is 39.1 Å². The normalized spacial score (nSPS) is 10.6. The number of fused-ring (bicyclic) bond motifs is 1. The second-order valence-corrected chi connectivity index (χ2v) is 4.20. The van der Waals surface area contributed by atoms with Crippen LogP contribution < -0.4 is 11.5 Å². The van der Waals surface area contributed by atoms with Gasteiger partial charge in [-0.3, -0.25) is 4.57 Å². The van der Waals surface area contributed by atoms with Crippen molar-refractivity contribution in [2.75, 3.05) is 12.3 Å². The maximum Gasteiger partial charge on any atom is 0.404 e. The van der Waals surface area contributed by atoms with E-state index in [0.717, 1.165) is 4.47 Å². The van der Waals surface area contributed by atoms with Gasteiger partial charge in [0.15, 0.2) is 5.65 Å². The number of hydrogen-bond donors (Lipinski definition) is 2. The summed E-state index contributed by atoms with van der Waals surface area (Å²) in [4.78, 5) is 18.8. The summed E-state index contributed by atoms with van der Waals surface area (Å²) in [6.07, 6.45) is 0.832. The van der Waals surface area contributed by atoms with Crippen LogP contribution in [0.4, 0.5) is 10.7 Å². The topological polar surface area (TPSA) is 109 Å². The summed E-state index contributed by atoms with van der Waals surface area (Å²) in [7, 11) is 0. The Bertz CT molecular complexity index is 568. The number of hydrogen-bond acceptors (Lipinski definition) is 5. The SMILES string of the molecule is NC(=O)OCCn1c(N)nc2cc(Br)cnc21. The van der Waals surface area contributed by atoms with Gasteiger partial charge >= 0.3 is 6.09 Å². The summed E-state index contributed by atoms with van der Waals surface area (Å²) >= 11 is 3.30. The van der Waals surface area contributed by atoms with E-state index >= 15 is 0 Å². The van der Waals surface area contributed by atoms with Crippen LogP contribution in [-0.2, 0) is 11.3 Å². The quantitative estimate of drug-likeness (QED) is 0.874. The Balaban J connectivity index is 2.27. The maximum absolute atomic E-state index is 10.4. The number of rotatable bonds is 3. The van der Waals surface area contributed by atoms with Crippen LogP contribution in [0.1, 0.15) is 0 Å². The number of primary amides is 1. The lowest BCUT2D eigenvalue weighted by Gasteiger charge is -2.05. The Labute approximate surface area is 105 Å². The molecule has 17 heavy (non-hydrogen) atoms. The number of aromatic nitrogens is 3. The van der Waals surface area contributed by atoms with E-state index in [4.69, 9.17) is 11.5 Å². The number of imidazole rings is 1. The van der Waals surface area contributed by atoms with Crippen LogP contribution in [0.15, 0.2) is 16.7 Å². The second-order valence-electron chi connectivity index (χ2n) is 3.29. The Hall–Kier alpha value is -1.83. The third-order valence-electron chi connectivity index (χ3n) is 2.14. The van der Waals surface area contributed by atoms with E-state index in [1.54, 1.807) is 10.8 Å². The lowest BCUT2D eigenvalue weighted by atomic mass is 10.4. The Kier molecular flexibility index (Phi) is 3.14. The fourth-order valence-corrected chi connectivity index (χ4v) is 1.78. The third-order valence-corrected chi connectivity index (χ3v) is 2.57. The van der Waals surface area contributed by atoms with Gasteiger partial charge in [-0.25, -0.2) is 14.8 Å². The first-order valence-corrected chi connectivity index (χ1v) is 5.56. The van der Waals surface area contributed by atoms with E-state index in [-0.39, 0.29) is 6.61 Å². The molecule has 0 aliphatic carbocycles. The Morgan fingerprint density at radius 1 is 1.59 bits per heavy atom. The number of carbonyl (C=O) groups is 1. The van der Waals surface area contributed by atoms with Crippen molar-refractivity contribution in [1.29, 1.82) is 0 Å². The first-order chi connectivity index (χ1) is 8.08. The zero-order chi connectivity index (χ0) is 12.4. The van der Waals surface area contributed by atoms with Crippen molar-refractivity contribution < 1.29 is 9.53 Å². The van der Waals surface area contributed by atoms with E-state index < -0.39 is 6.09 Å². The van der Waals surface area contributed by atoms with Gasteiger partial charge in [0.2, 0.25) is 5.95 Å². The molecule has 0 saturated carbocycles. The molecule has 8 heteroatoms. The van der Waals surface area contributed by atoms with Crippen LogP contribution in [0.25, 0.3) is 11.2 Å². The molecule has 0 radical (unpaired) electrons. The highest BCUT2D eigenvalue weighted by molar-refractivity contribution is 9.10. The predicted octanol–water partition coefficient (Wildman–Crippen LogP) is 0.871. The summed E-state index contributed by atoms with van der Waals surface area (Å²) in [5.74, 6) is 0.318. The molecule has 90 valence electrons. The average Bonchev–Trinajstić information content (AvgIpc) is 2.54. The van der Waals surface area contributed by atoms with Crippen molar-refractivity contribution in [1.82, 2.24) is 14.5 Å². The van der Waals surface area contributed by atoms with Gasteiger partial charge < -0.3 is 16.2 Å². The number of ether oxygens (including phenoxy) is 1. The molecule has 0 unspecified atom stereocenters. The number of carbonyl (C=O) groups excluding carboxylic acids is 1. The minimum absolute atomic E-state index is 0.128. The summed E-state index contributed by atoms with van der Waals surface area (Å²) < 4.78 is 7.12. The molecule has 0 bridgehead atoms. The molecular formula is C9H10BrN5O2. The number of anilines is 1. The zero-order valence-corrected chi connectivity index (χ0v) is 10.3. The number of nitrogens with two attached hydrogens (primary N) is 2. The fourth-order valence-electron chi connectivity index (χ4n) is 1.46. The Morgan fingerprint density at radius 2 is 2.35 bits per heavy atom. The lowest BCUT2D eigenvalue weighted by molar-refractivity contribution is 0.153. The van der Waals surface area contributed by atoms with E-state index in [1.165, 1.54) is 0 Å². The predicted molar refractivity (Wildman–Crippen MR) is 65.2 cm³/mol. The highest BCUT2D eigenvalue weighted by Gasteiger charge is 2.09. The molecule has 0 saturated heterocycles. The second kappa shape index (κ2) is 4.58. The molecule has 7 nitrogen and oxygen atoms in total. The highest BCUT2D eigenvalue weighted by Crippen LogP contribution is 2.19. The molecule has 2 aromatic rings. The van der Waals surface area contributed by atoms with Gasteiger partial charge in [-0.2, -0.15) is 0 Å². The Morgan fingerprint density at radius 3 is 3.06 bits per heavy atom. The summed E-state index contributed by atoms with van der Waals surface area (Å²) in [6, 6.07) is 1.81. The third kappa shape index (κ3) is 2.47.